The maximum Gasteiger partial charge on any atom is 0.220 e. The van der Waals surface area contributed by atoms with Gasteiger partial charge in [-0.15, -0.1) is 11.3 Å². The van der Waals surface area contributed by atoms with Crippen molar-refractivity contribution in [2.45, 2.75) is 38.3 Å². The molecule has 2 aromatic carbocycles. The van der Waals surface area contributed by atoms with Crippen molar-refractivity contribution in [2.24, 2.45) is 0 Å². The molecular formula is C24H27N3O2S. The van der Waals surface area contributed by atoms with Gasteiger partial charge in [-0.1, -0.05) is 42.5 Å². The molecule has 1 N–H and O–H groups in total. The monoisotopic (exact) mass is 421 g/mol. The molecule has 1 aliphatic rings. The maximum atomic E-state index is 12.4. The van der Waals surface area contributed by atoms with E-state index in [-0.39, 0.29) is 11.9 Å². The minimum atomic E-state index is 0.132. The highest BCUT2D eigenvalue weighted by molar-refractivity contribution is 7.13. The van der Waals surface area contributed by atoms with E-state index in [2.05, 4.69) is 27.3 Å². The highest BCUT2D eigenvalue weighted by atomic mass is 32.1. The molecular weight excluding hydrogens is 394 g/mol. The number of hydrogen-bond donors (Lipinski definition) is 1. The Hall–Kier alpha value is -2.86. The van der Waals surface area contributed by atoms with Gasteiger partial charge in [-0.3, -0.25) is 4.79 Å². The summed E-state index contributed by atoms with van der Waals surface area (Å²) in [6.45, 7) is 2.45. The van der Waals surface area contributed by atoms with Crippen molar-refractivity contribution in [3.8, 4) is 5.75 Å². The Morgan fingerprint density at radius 2 is 1.83 bits per heavy atom. The van der Waals surface area contributed by atoms with Crippen LogP contribution in [-0.2, 0) is 17.8 Å². The van der Waals surface area contributed by atoms with Crippen molar-refractivity contribution in [1.29, 1.82) is 0 Å². The van der Waals surface area contributed by atoms with Gasteiger partial charge in [0.15, 0.2) is 5.13 Å². The number of nitrogens with zero attached hydrogens (tertiary/aromatic N) is 2. The topological polar surface area (TPSA) is 54.5 Å². The summed E-state index contributed by atoms with van der Waals surface area (Å²) in [6, 6.07) is 18.4. The first kappa shape index (κ1) is 20.4. The Labute approximate surface area is 181 Å². The highest BCUT2D eigenvalue weighted by Gasteiger charge is 2.21. The molecule has 1 saturated heterocycles. The molecule has 1 fully saturated rings. The van der Waals surface area contributed by atoms with Crippen LogP contribution >= 0.6 is 11.3 Å². The van der Waals surface area contributed by atoms with Crippen molar-refractivity contribution < 1.29 is 9.53 Å². The Morgan fingerprint density at radius 1 is 1.07 bits per heavy atom. The van der Waals surface area contributed by atoms with E-state index in [0.717, 1.165) is 54.4 Å². The molecule has 0 bridgehead atoms. The lowest BCUT2D eigenvalue weighted by Gasteiger charge is -2.32. The first-order valence-electron chi connectivity index (χ1n) is 10.5. The fourth-order valence-electron chi connectivity index (χ4n) is 3.64. The quantitative estimate of drug-likeness (QED) is 0.584. The van der Waals surface area contributed by atoms with Gasteiger partial charge in [0.2, 0.25) is 5.91 Å². The van der Waals surface area contributed by atoms with E-state index in [9.17, 15) is 4.79 Å². The van der Waals surface area contributed by atoms with E-state index in [1.807, 2.05) is 54.0 Å². The Kier molecular flexibility index (Phi) is 6.98. The Bertz CT molecular complexity index is 905. The van der Waals surface area contributed by atoms with E-state index in [1.165, 1.54) is 0 Å². The van der Waals surface area contributed by atoms with E-state index < -0.39 is 0 Å². The first-order valence-corrected chi connectivity index (χ1v) is 11.3. The van der Waals surface area contributed by atoms with Gasteiger partial charge in [0, 0.05) is 37.1 Å². The fourth-order valence-corrected chi connectivity index (χ4v) is 4.33. The predicted molar refractivity (Wildman–Crippen MR) is 121 cm³/mol. The van der Waals surface area contributed by atoms with E-state index in [4.69, 9.17) is 4.74 Å². The number of benzene rings is 2. The molecule has 1 aliphatic heterocycles. The van der Waals surface area contributed by atoms with Crippen LogP contribution in [0.25, 0.3) is 0 Å². The largest absolute Gasteiger partial charge is 0.489 e. The van der Waals surface area contributed by atoms with Crippen LogP contribution in [0.1, 0.15) is 30.4 Å². The summed E-state index contributed by atoms with van der Waals surface area (Å²) < 4.78 is 5.82. The van der Waals surface area contributed by atoms with Gasteiger partial charge in [-0.25, -0.2) is 4.98 Å². The Morgan fingerprint density at radius 3 is 2.53 bits per heavy atom. The van der Waals surface area contributed by atoms with Crippen molar-refractivity contribution in [1.82, 2.24) is 10.3 Å². The lowest BCUT2D eigenvalue weighted by atomic mass is 10.0. The molecule has 1 aromatic heterocycles. The molecule has 30 heavy (non-hydrogen) atoms. The van der Waals surface area contributed by atoms with Crippen LogP contribution in [0, 0.1) is 0 Å². The number of thiazole rings is 1. The minimum absolute atomic E-state index is 0.132. The van der Waals surface area contributed by atoms with Gasteiger partial charge in [0.1, 0.15) is 12.4 Å². The average Bonchev–Trinajstić information content (AvgIpc) is 3.33. The summed E-state index contributed by atoms with van der Waals surface area (Å²) in [6.07, 6.45) is 5.03. The molecule has 0 aliphatic carbocycles. The highest BCUT2D eigenvalue weighted by Crippen LogP contribution is 2.22. The minimum Gasteiger partial charge on any atom is -0.489 e. The van der Waals surface area contributed by atoms with Crippen LogP contribution in [0.4, 0.5) is 5.13 Å². The summed E-state index contributed by atoms with van der Waals surface area (Å²) in [5, 5.41) is 6.28. The van der Waals surface area contributed by atoms with Gasteiger partial charge in [-0.2, -0.15) is 0 Å². The number of nitrogens with one attached hydrogen (secondary N) is 1. The summed E-state index contributed by atoms with van der Waals surface area (Å²) in [5.74, 6) is 0.978. The molecule has 4 rings (SSSR count). The second kappa shape index (κ2) is 10.3. The molecule has 0 radical (unpaired) electrons. The number of hydrogen-bond acceptors (Lipinski definition) is 5. The third-order valence-corrected chi connectivity index (χ3v) is 6.19. The standard InChI is InChI=1S/C24H27N3O2S/c28-23(26-21-12-15-27(16-13-21)24-25-14-17-30-24)11-8-19-6-9-22(10-7-19)29-18-20-4-2-1-3-5-20/h1-7,9-10,14,17,21H,8,11-13,15-16,18H2,(H,26,28). The first-order chi connectivity index (χ1) is 14.8. The second-order valence-corrected chi connectivity index (χ2v) is 8.43. The van der Waals surface area contributed by atoms with Crippen molar-refractivity contribution >= 4 is 22.4 Å². The number of carbonyl (C=O) groups is 1. The number of amides is 1. The number of rotatable bonds is 8. The van der Waals surface area contributed by atoms with Crippen LogP contribution in [0.15, 0.2) is 66.2 Å². The zero-order valence-electron chi connectivity index (χ0n) is 17.0. The molecule has 1 amide bonds. The summed E-state index contributed by atoms with van der Waals surface area (Å²) in [7, 11) is 0. The zero-order valence-corrected chi connectivity index (χ0v) is 17.8. The van der Waals surface area contributed by atoms with Crippen LogP contribution in [0.2, 0.25) is 0 Å². The molecule has 3 aromatic rings. The molecule has 2 heterocycles. The van der Waals surface area contributed by atoms with Crippen molar-refractivity contribution in [3.63, 3.8) is 0 Å². The van der Waals surface area contributed by atoms with Gasteiger partial charge >= 0.3 is 0 Å². The van der Waals surface area contributed by atoms with Crippen molar-refractivity contribution in [2.75, 3.05) is 18.0 Å². The predicted octanol–water partition coefficient (Wildman–Crippen LogP) is 4.44. The van der Waals surface area contributed by atoms with Gasteiger partial charge in [0.25, 0.3) is 0 Å². The van der Waals surface area contributed by atoms with Gasteiger partial charge < -0.3 is 15.0 Å². The number of piperidine rings is 1. The van der Waals surface area contributed by atoms with E-state index in [0.29, 0.717) is 13.0 Å². The number of carbonyl (C=O) groups excluding carboxylic acids is 1. The normalized spacial score (nSPS) is 14.5. The number of aryl methyl sites for hydroxylation is 1. The zero-order chi connectivity index (χ0) is 20.6. The molecule has 0 unspecified atom stereocenters. The molecule has 0 atom stereocenters. The fraction of sp³-hybridized carbons (Fsp3) is 0.333. The third-order valence-electron chi connectivity index (χ3n) is 5.36. The SMILES string of the molecule is O=C(CCc1ccc(OCc2ccccc2)cc1)NC1CCN(c2nccs2)CC1. The van der Waals surface area contributed by atoms with Gasteiger partial charge in [-0.05, 0) is 42.5 Å². The average molecular weight is 422 g/mol. The van der Waals surface area contributed by atoms with E-state index in [1.54, 1.807) is 11.3 Å². The van der Waals surface area contributed by atoms with E-state index >= 15 is 0 Å². The van der Waals surface area contributed by atoms with Crippen LogP contribution < -0.4 is 15.0 Å². The van der Waals surface area contributed by atoms with Crippen LogP contribution in [0.5, 0.6) is 5.75 Å². The van der Waals surface area contributed by atoms with Crippen molar-refractivity contribution in [3.05, 3.63) is 77.3 Å². The molecule has 5 nitrogen and oxygen atoms in total. The summed E-state index contributed by atoms with van der Waals surface area (Å²) >= 11 is 1.67. The van der Waals surface area contributed by atoms with Crippen LogP contribution in [0.3, 0.4) is 0 Å². The molecule has 0 saturated carbocycles. The second-order valence-electron chi connectivity index (χ2n) is 7.56. The number of anilines is 1. The van der Waals surface area contributed by atoms with Crippen LogP contribution in [-0.4, -0.2) is 30.0 Å². The smallest absolute Gasteiger partial charge is 0.220 e. The summed E-state index contributed by atoms with van der Waals surface area (Å²) in [4.78, 5) is 19.0. The number of ether oxygens (including phenoxy) is 1. The van der Waals surface area contributed by atoms with Gasteiger partial charge in [0.05, 0.1) is 0 Å². The lowest BCUT2D eigenvalue weighted by Crippen LogP contribution is -2.44. The third kappa shape index (κ3) is 5.83. The lowest BCUT2D eigenvalue weighted by molar-refractivity contribution is -0.121. The number of aromatic nitrogens is 1. The summed E-state index contributed by atoms with van der Waals surface area (Å²) in [5.41, 5.74) is 2.30. The molecule has 156 valence electrons. The molecule has 6 heteroatoms. The Balaban J connectivity index is 1.16. The molecule has 0 spiro atoms. The maximum absolute atomic E-state index is 12.4.